The fraction of sp³-hybridized carbons (Fsp3) is 0.300. The number of likely N-dealkylation sites (tertiary alicyclic amines) is 1. The minimum atomic E-state index is 0.577. The van der Waals surface area contributed by atoms with Gasteiger partial charge in [0.05, 0.1) is 17.6 Å². The van der Waals surface area contributed by atoms with Gasteiger partial charge in [-0.15, -0.1) is 0 Å². The van der Waals surface area contributed by atoms with Crippen molar-refractivity contribution in [2.45, 2.75) is 31.6 Å². The average molecular weight is 500 g/mol. The molecule has 184 valence electrons. The fourth-order valence-corrected chi connectivity index (χ4v) is 5.89. The molecule has 0 unspecified atom stereocenters. The predicted octanol–water partition coefficient (Wildman–Crippen LogP) is 7.23. The van der Waals surface area contributed by atoms with Gasteiger partial charge in [-0.1, -0.05) is 35.9 Å². The van der Waals surface area contributed by atoms with Crippen LogP contribution in [0.3, 0.4) is 0 Å². The number of H-pyrrole nitrogens is 1. The van der Waals surface area contributed by atoms with Gasteiger partial charge >= 0.3 is 0 Å². The van der Waals surface area contributed by atoms with Gasteiger partial charge in [0.2, 0.25) is 5.88 Å². The Morgan fingerprint density at radius 1 is 1.14 bits per heavy atom. The molecule has 2 aliphatic rings. The highest BCUT2D eigenvalue weighted by atomic mass is 35.5. The van der Waals surface area contributed by atoms with E-state index in [1.54, 1.807) is 13.3 Å². The van der Waals surface area contributed by atoms with E-state index < -0.39 is 0 Å². The van der Waals surface area contributed by atoms with Crippen molar-refractivity contribution < 1.29 is 9.47 Å². The van der Waals surface area contributed by atoms with Crippen LogP contribution in [0, 0.1) is 0 Å². The first-order valence-electron chi connectivity index (χ1n) is 12.7. The molecular formula is C30H30ClN3O2. The van der Waals surface area contributed by atoms with Gasteiger partial charge in [-0.2, -0.15) is 0 Å². The summed E-state index contributed by atoms with van der Waals surface area (Å²) in [6.45, 7) is 3.27. The molecular weight excluding hydrogens is 470 g/mol. The van der Waals surface area contributed by atoms with Gasteiger partial charge < -0.3 is 19.4 Å². The molecule has 2 aromatic heterocycles. The summed E-state index contributed by atoms with van der Waals surface area (Å²) >= 11 is 6.38. The van der Waals surface area contributed by atoms with Crippen LogP contribution < -0.4 is 9.47 Å². The van der Waals surface area contributed by atoms with Crippen molar-refractivity contribution >= 4 is 28.1 Å². The van der Waals surface area contributed by atoms with E-state index in [4.69, 9.17) is 21.1 Å². The summed E-state index contributed by atoms with van der Waals surface area (Å²) in [4.78, 5) is 10.5. The summed E-state index contributed by atoms with van der Waals surface area (Å²) in [6.07, 6.45) is 10.4. The Hall–Kier alpha value is -3.28. The second-order valence-electron chi connectivity index (χ2n) is 9.61. The van der Waals surface area contributed by atoms with Crippen LogP contribution in [0.25, 0.3) is 16.5 Å². The Bertz CT molecular complexity index is 1420. The molecule has 0 radical (unpaired) electrons. The lowest BCUT2D eigenvalue weighted by Gasteiger charge is -2.31. The van der Waals surface area contributed by atoms with E-state index in [0.29, 0.717) is 11.8 Å². The lowest BCUT2D eigenvalue weighted by Crippen LogP contribution is -2.33. The topological polar surface area (TPSA) is 50.4 Å². The third-order valence-electron chi connectivity index (χ3n) is 7.56. The first-order chi connectivity index (χ1) is 17.7. The van der Waals surface area contributed by atoms with Crippen molar-refractivity contribution in [1.82, 2.24) is 14.9 Å². The maximum atomic E-state index is 6.38. The molecule has 6 rings (SSSR count). The molecule has 0 bridgehead atoms. The van der Waals surface area contributed by atoms with Crippen LogP contribution in [0.1, 0.15) is 41.9 Å². The number of benzene rings is 2. The lowest BCUT2D eigenvalue weighted by molar-refractivity contribution is 0.216. The largest absolute Gasteiger partial charge is 0.496 e. The van der Waals surface area contributed by atoms with Gasteiger partial charge in [-0.3, -0.25) is 0 Å². The van der Waals surface area contributed by atoms with Crippen molar-refractivity contribution in [1.29, 1.82) is 0 Å². The van der Waals surface area contributed by atoms with Crippen LogP contribution >= 0.6 is 11.6 Å². The summed E-state index contributed by atoms with van der Waals surface area (Å²) in [6, 6.07) is 16.2. The lowest BCUT2D eigenvalue weighted by atomic mass is 9.89. The highest BCUT2D eigenvalue weighted by Gasteiger charge is 2.24. The molecule has 0 spiro atoms. The SMILES string of the molecule is COc1cccc2c1C/C(=C/CCN1CCC(c3c[nH]c4c(Cl)cccc34)CC1)c1cccnc1O2. The number of methoxy groups -OCH3 is 1. The molecule has 4 heterocycles. The predicted molar refractivity (Wildman–Crippen MR) is 145 cm³/mol. The second kappa shape index (κ2) is 10.00. The van der Waals surface area contributed by atoms with Gasteiger partial charge in [0, 0.05) is 41.9 Å². The maximum absolute atomic E-state index is 6.38. The van der Waals surface area contributed by atoms with E-state index in [1.165, 1.54) is 29.4 Å². The summed E-state index contributed by atoms with van der Waals surface area (Å²) in [5.74, 6) is 2.91. The normalized spacial score (nSPS) is 17.4. The number of fused-ring (bicyclic) bond motifs is 3. The van der Waals surface area contributed by atoms with Gasteiger partial charge in [-0.25, -0.2) is 4.98 Å². The van der Waals surface area contributed by atoms with Crippen LogP contribution in [-0.2, 0) is 6.42 Å². The number of nitrogens with zero attached hydrogens (tertiary/aromatic N) is 2. The molecule has 2 aliphatic heterocycles. The molecule has 1 fully saturated rings. The first-order valence-corrected chi connectivity index (χ1v) is 13.0. The third kappa shape index (κ3) is 4.38. The number of hydrogen-bond donors (Lipinski definition) is 1. The number of piperidine rings is 1. The Morgan fingerprint density at radius 2 is 2.00 bits per heavy atom. The Kier molecular flexibility index (Phi) is 6.43. The van der Waals surface area contributed by atoms with Crippen LogP contribution in [-0.4, -0.2) is 41.6 Å². The number of aromatic amines is 1. The van der Waals surface area contributed by atoms with Crippen molar-refractivity contribution in [3.8, 4) is 17.4 Å². The van der Waals surface area contributed by atoms with E-state index in [2.05, 4.69) is 39.3 Å². The zero-order valence-corrected chi connectivity index (χ0v) is 21.2. The molecule has 2 aromatic carbocycles. The average Bonchev–Trinajstić information content (AvgIpc) is 3.28. The standard InChI is InChI=1S/C30H30ClN3O2/c1-35-27-10-3-11-28-24(27)18-21(22-8-4-14-32-30(22)36-28)6-5-15-34-16-12-20(13-17-34)25-19-33-29-23(25)7-2-9-26(29)31/h2-4,6-11,14,19-20,33H,5,12-13,15-18H2,1H3/b21-6-. The highest BCUT2D eigenvalue weighted by Crippen LogP contribution is 2.41. The smallest absolute Gasteiger partial charge is 0.226 e. The first kappa shape index (κ1) is 23.1. The minimum absolute atomic E-state index is 0.577. The molecule has 0 aliphatic carbocycles. The summed E-state index contributed by atoms with van der Waals surface area (Å²) in [5.41, 5.74) is 5.84. The number of ether oxygens (including phenoxy) is 2. The van der Waals surface area contributed by atoms with Crippen molar-refractivity contribution in [3.05, 3.63) is 88.7 Å². The molecule has 6 heteroatoms. The maximum Gasteiger partial charge on any atom is 0.226 e. The molecule has 1 N–H and O–H groups in total. The van der Waals surface area contributed by atoms with E-state index in [1.807, 2.05) is 36.4 Å². The third-order valence-corrected chi connectivity index (χ3v) is 7.88. The Balaban J connectivity index is 1.14. The molecule has 4 aromatic rings. The number of hydrogen-bond acceptors (Lipinski definition) is 4. The van der Waals surface area contributed by atoms with Gasteiger partial charge in [-0.05, 0) is 79.7 Å². The van der Waals surface area contributed by atoms with E-state index in [9.17, 15) is 0 Å². The molecule has 5 nitrogen and oxygen atoms in total. The number of pyridine rings is 1. The fourth-order valence-electron chi connectivity index (χ4n) is 5.66. The Labute approximate surface area is 216 Å². The molecule has 1 saturated heterocycles. The quantitative estimate of drug-likeness (QED) is 0.315. The zero-order valence-electron chi connectivity index (χ0n) is 20.5. The molecule has 0 amide bonds. The number of nitrogens with one attached hydrogen (secondary N) is 1. The van der Waals surface area contributed by atoms with Crippen LogP contribution in [0.15, 0.2) is 67.0 Å². The van der Waals surface area contributed by atoms with Gasteiger partial charge in [0.1, 0.15) is 11.5 Å². The molecule has 0 atom stereocenters. The van der Waals surface area contributed by atoms with Crippen molar-refractivity contribution in [2.75, 3.05) is 26.7 Å². The zero-order chi connectivity index (χ0) is 24.5. The summed E-state index contributed by atoms with van der Waals surface area (Å²) in [7, 11) is 1.71. The number of allylic oxidation sites excluding steroid dienone is 1. The van der Waals surface area contributed by atoms with E-state index >= 15 is 0 Å². The number of aromatic nitrogens is 2. The number of para-hydroxylation sites is 1. The highest BCUT2D eigenvalue weighted by molar-refractivity contribution is 6.35. The van der Waals surface area contributed by atoms with Gasteiger partial charge in [0.25, 0.3) is 0 Å². The summed E-state index contributed by atoms with van der Waals surface area (Å²) in [5, 5.41) is 2.06. The van der Waals surface area contributed by atoms with E-state index in [-0.39, 0.29) is 0 Å². The van der Waals surface area contributed by atoms with Crippen LogP contribution in [0.2, 0.25) is 5.02 Å². The molecule has 36 heavy (non-hydrogen) atoms. The number of rotatable bonds is 5. The van der Waals surface area contributed by atoms with Crippen LogP contribution in [0.4, 0.5) is 0 Å². The van der Waals surface area contributed by atoms with E-state index in [0.717, 1.165) is 65.6 Å². The Morgan fingerprint density at radius 3 is 2.86 bits per heavy atom. The van der Waals surface area contributed by atoms with Crippen LogP contribution in [0.5, 0.6) is 17.4 Å². The van der Waals surface area contributed by atoms with Crippen molar-refractivity contribution in [3.63, 3.8) is 0 Å². The van der Waals surface area contributed by atoms with Crippen molar-refractivity contribution in [2.24, 2.45) is 0 Å². The second-order valence-corrected chi connectivity index (χ2v) is 10.0. The van der Waals surface area contributed by atoms with Gasteiger partial charge in [0.15, 0.2) is 0 Å². The monoisotopic (exact) mass is 499 g/mol. The molecule has 0 saturated carbocycles. The number of halogens is 1. The summed E-state index contributed by atoms with van der Waals surface area (Å²) < 4.78 is 11.8. The minimum Gasteiger partial charge on any atom is -0.496 e.